The van der Waals surface area contributed by atoms with Gasteiger partial charge in [0.2, 0.25) is 0 Å². The van der Waals surface area contributed by atoms with Gasteiger partial charge in [-0.15, -0.1) is 11.3 Å². The van der Waals surface area contributed by atoms with Crippen molar-refractivity contribution in [3.63, 3.8) is 0 Å². The predicted octanol–water partition coefficient (Wildman–Crippen LogP) is 4.87. The van der Waals surface area contributed by atoms with Crippen LogP contribution in [0.2, 0.25) is 0 Å². The average Bonchev–Trinajstić information content (AvgIpc) is 2.68. The van der Waals surface area contributed by atoms with Crippen LogP contribution < -0.4 is 5.32 Å². The summed E-state index contributed by atoms with van der Waals surface area (Å²) in [5, 5.41) is 5.56. The molecule has 0 spiro atoms. The molecule has 0 radical (unpaired) electrons. The summed E-state index contributed by atoms with van der Waals surface area (Å²) in [5.41, 5.74) is 2.58. The lowest BCUT2D eigenvalue weighted by Crippen LogP contribution is -2.12. The van der Waals surface area contributed by atoms with Gasteiger partial charge in [-0.05, 0) is 46.1 Å². The van der Waals surface area contributed by atoms with Crippen LogP contribution in [0, 0.1) is 6.92 Å². The van der Waals surface area contributed by atoms with E-state index >= 15 is 0 Å². The van der Waals surface area contributed by atoms with Crippen molar-refractivity contribution in [2.45, 2.75) is 20.0 Å². The van der Waals surface area contributed by atoms with E-state index in [1.165, 1.54) is 20.5 Å². The molecule has 0 fully saturated rings. The second-order valence-electron chi connectivity index (χ2n) is 3.93. The molecule has 0 bridgehead atoms. The van der Waals surface area contributed by atoms with Crippen molar-refractivity contribution in [3.8, 4) is 0 Å². The molecule has 1 aromatic heterocycles. The third-order valence-corrected chi connectivity index (χ3v) is 4.88. The van der Waals surface area contributed by atoms with Crippen molar-refractivity contribution in [3.05, 3.63) is 54.6 Å². The lowest BCUT2D eigenvalue weighted by molar-refractivity contribution is 0.699. The SMILES string of the molecule is Cc1ccc(CNCc2cc(Br)cs2)c(Br)c1. The Morgan fingerprint density at radius 3 is 2.65 bits per heavy atom. The van der Waals surface area contributed by atoms with Gasteiger partial charge in [-0.1, -0.05) is 28.1 Å². The fourth-order valence-corrected chi connectivity index (χ4v) is 3.62. The second kappa shape index (κ2) is 6.14. The highest BCUT2D eigenvalue weighted by atomic mass is 79.9. The Balaban J connectivity index is 1.90. The minimum Gasteiger partial charge on any atom is -0.308 e. The van der Waals surface area contributed by atoms with Crippen LogP contribution in [0.4, 0.5) is 0 Å². The largest absolute Gasteiger partial charge is 0.308 e. The van der Waals surface area contributed by atoms with Crippen LogP contribution in [0.25, 0.3) is 0 Å². The molecule has 1 N–H and O–H groups in total. The molecule has 0 aliphatic rings. The molecule has 90 valence electrons. The Morgan fingerprint density at radius 2 is 2.00 bits per heavy atom. The number of benzene rings is 1. The molecule has 4 heteroatoms. The number of aryl methyl sites for hydroxylation is 1. The van der Waals surface area contributed by atoms with Crippen LogP contribution in [0.3, 0.4) is 0 Å². The van der Waals surface area contributed by atoms with Crippen LogP contribution in [0.1, 0.15) is 16.0 Å². The fourth-order valence-electron chi connectivity index (χ4n) is 1.56. The number of hydrogen-bond acceptors (Lipinski definition) is 2. The molecule has 1 heterocycles. The van der Waals surface area contributed by atoms with E-state index in [-0.39, 0.29) is 0 Å². The van der Waals surface area contributed by atoms with E-state index in [9.17, 15) is 0 Å². The Hall–Kier alpha value is -0.160. The zero-order chi connectivity index (χ0) is 12.3. The molecule has 0 atom stereocenters. The molecular formula is C13H13Br2NS. The zero-order valence-electron chi connectivity index (χ0n) is 9.47. The summed E-state index contributed by atoms with van der Waals surface area (Å²) >= 11 is 8.83. The van der Waals surface area contributed by atoms with Crippen LogP contribution in [0.15, 0.2) is 38.6 Å². The first-order valence-corrected chi connectivity index (χ1v) is 7.80. The molecule has 1 nitrogen and oxygen atoms in total. The van der Waals surface area contributed by atoms with Crippen molar-refractivity contribution in [2.24, 2.45) is 0 Å². The van der Waals surface area contributed by atoms with E-state index in [1.807, 2.05) is 0 Å². The van der Waals surface area contributed by atoms with E-state index in [2.05, 4.69) is 73.7 Å². The highest BCUT2D eigenvalue weighted by molar-refractivity contribution is 9.10. The Kier molecular flexibility index (Phi) is 4.79. The molecule has 2 aromatic rings. The topological polar surface area (TPSA) is 12.0 Å². The standard InChI is InChI=1S/C13H13Br2NS/c1-9-2-3-10(13(15)4-9)6-16-7-12-5-11(14)8-17-12/h2-5,8,16H,6-7H2,1H3. The summed E-state index contributed by atoms with van der Waals surface area (Å²) in [6, 6.07) is 8.61. The van der Waals surface area contributed by atoms with Crippen molar-refractivity contribution in [1.29, 1.82) is 0 Å². The molecular weight excluding hydrogens is 362 g/mol. The Bertz CT molecular complexity index is 508. The summed E-state index contributed by atoms with van der Waals surface area (Å²) < 4.78 is 2.34. The molecule has 1 aromatic carbocycles. The first-order valence-electron chi connectivity index (χ1n) is 5.34. The summed E-state index contributed by atoms with van der Waals surface area (Å²) in [4.78, 5) is 1.35. The van der Waals surface area contributed by atoms with Crippen LogP contribution in [0.5, 0.6) is 0 Å². The van der Waals surface area contributed by atoms with E-state index < -0.39 is 0 Å². The van der Waals surface area contributed by atoms with Crippen LogP contribution in [-0.2, 0) is 13.1 Å². The smallest absolute Gasteiger partial charge is 0.0303 e. The third kappa shape index (κ3) is 3.91. The van der Waals surface area contributed by atoms with Gasteiger partial charge in [0.25, 0.3) is 0 Å². The molecule has 0 amide bonds. The predicted molar refractivity (Wildman–Crippen MR) is 81.4 cm³/mol. The number of nitrogens with one attached hydrogen (secondary N) is 1. The Morgan fingerprint density at radius 1 is 1.18 bits per heavy atom. The summed E-state index contributed by atoms with van der Waals surface area (Å²) in [6.45, 7) is 3.90. The lowest BCUT2D eigenvalue weighted by atomic mass is 10.1. The number of halogens is 2. The molecule has 0 aliphatic carbocycles. The van der Waals surface area contributed by atoms with Gasteiger partial charge in [-0.2, -0.15) is 0 Å². The van der Waals surface area contributed by atoms with Gasteiger partial charge in [-0.25, -0.2) is 0 Å². The quantitative estimate of drug-likeness (QED) is 0.804. The maximum absolute atomic E-state index is 3.59. The molecule has 17 heavy (non-hydrogen) atoms. The van der Waals surface area contributed by atoms with Gasteiger partial charge in [0.15, 0.2) is 0 Å². The molecule has 0 saturated carbocycles. The highest BCUT2D eigenvalue weighted by Crippen LogP contribution is 2.20. The zero-order valence-corrected chi connectivity index (χ0v) is 13.5. The number of rotatable bonds is 4. The van der Waals surface area contributed by atoms with Crippen LogP contribution in [-0.4, -0.2) is 0 Å². The first kappa shape index (κ1) is 13.3. The fraction of sp³-hybridized carbons (Fsp3) is 0.231. The van der Waals surface area contributed by atoms with Gasteiger partial charge in [-0.3, -0.25) is 0 Å². The molecule has 2 rings (SSSR count). The van der Waals surface area contributed by atoms with Gasteiger partial charge in [0.05, 0.1) is 0 Å². The third-order valence-electron chi connectivity index (χ3n) is 2.45. The number of thiophene rings is 1. The van der Waals surface area contributed by atoms with Gasteiger partial charge in [0.1, 0.15) is 0 Å². The second-order valence-corrected chi connectivity index (χ2v) is 6.70. The molecule has 0 unspecified atom stereocenters. The normalized spacial score (nSPS) is 10.8. The minimum absolute atomic E-state index is 0.885. The van der Waals surface area contributed by atoms with Gasteiger partial charge >= 0.3 is 0 Å². The number of hydrogen-bond donors (Lipinski definition) is 1. The van der Waals surface area contributed by atoms with E-state index in [0.29, 0.717) is 0 Å². The van der Waals surface area contributed by atoms with Crippen molar-refractivity contribution >= 4 is 43.2 Å². The average molecular weight is 375 g/mol. The van der Waals surface area contributed by atoms with Crippen LogP contribution >= 0.6 is 43.2 Å². The first-order chi connectivity index (χ1) is 8.15. The Labute approximate surface area is 123 Å². The van der Waals surface area contributed by atoms with Crippen molar-refractivity contribution < 1.29 is 0 Å². The summed E-state index contributed by atoms with van der Waals surface area (Å²) in [7, 11) is 0. The van der Waals surface area contributed by atoms with Gasteiger partial charge in [0, 0.05) is 32.3 Å². The maximum atomic E-state index is 3.59. The minimum atomic E-state index is 0.885. The lowest BCUT2D eigenvalue weighted by Gasteiger charge is -2.06. The summed E-state index contributed by atoms with van der Waals surface area (Å²) in [5.74, 6) is 0. The van der Waals surface area contributed by atoms with Crippen molar-refractivity contribution in [1.82, 2.24) is 5.32 Å². The van der Waals surface area contributed by atoms with E-state index in [0.717, 1.165) is 17.6 Å². The van der Waals surface area contributed by atoms with Crippen molar-refractivity contribution in [2.75, 3.05) is 0 Å². The summed E-state index contributed by atoms with van der Waals surface area (Å²) in [6.07, 6.45) is 0. The monoisotopic (exact) mass is 373 g/mol. The molecule has 0 aliphatic heterocycles. The highest BCUT2D eigenvalue weighted by Gasteiger charge is 2.01. The van der Waals surface area contributed by atoms with E-state index in [1.54, 1.807) is 11.3 Å². The van der Waals surface area contributed by atoms with E-state index in [4.69, 9.17) is 0 Å². The molecule has 0 saturated heterocycles. The maximum Gasteiger partial charge on any atom is 0.0303 e. The van der Waals surface area contributed by atoms with Gasteiger partial charge < -0.3 is 5.32 Å².